The van der Waals surface area contributed by atoms with Crippen molar-refractivity contribution in [1.82, 2.24) is 19.7 Å². The second kappa shape index (κ2) is 8.84. The molecule has 1 amide bonds. The molecule has 2 heterocycles. The fourth-order valence-electron chi connectivity index (χ4n) is 2.38. The number of hydrogen-bond acceptors (Lipinski definition) is 8. The van der Waals surface area contributed by atoms with Gasteiger partial charge in [-0.25, -0.2) is 13.4 Å². The molecule has 3 rings (SSSR count). The SMILES string of the molecule is CCC(Sc1nnc(CS(=O)(=O)c2ccccc2)n1C)C(=O)Nc1nccs1. The summed E-state index contributed by atoms with van der Waals surface area (Å²) in [7, 11) is -1.83. The van der Waals surface area contributed by atoms with Crippen LogP contribution in [0.2, 0.25) is 0 Å². The fourth-order valence-corrected chi connectivity index (χ4v) is 5.18. The Morgan fingerprint density at radius 3 is 2.68 bits per heavy atom. The van der Waals surface area contributed by atoms with Gasteiger partial charge in [0.05, 0.1) is 10.1 Å². The number of hydrogen-bond donors (Lipinski definition) is 1. The van der Waals surface area contributed by atoms with E-state index in [1.807, 2.05) is 6.92 Å². The van der Waals surface area contributed by atoms with E-state index < -0.39 is 15.1 Å². The summed E-state index contributed by atoms with van der Waals surface area (Å²) in [4.78, 5) is 16.7. The van der Waals surface area contributed by atoms with Crippen molar-refractivity contribution < 1.29 is 13.2 Å². The summed E-state index contributed by atoms with van der Waals surface area (Å²) in [6, 6.07) is 8.22. The molecule has 0 fully saturated rings. The first-order valence-electron chi connectivity index (χ1n) is 8.43. The predicted octanol–water partition coefficient (Wildman–Crippen LogP) is 2.75. The third-order valence-electron chi connectivity index (χ3n) is 3.92. The molecular weight excluding hydrogens is 418 g/mol. The molecule has 0 saturated heterocycles. The van der Waals surface area contributed by atoms with Crippen LogP contribution < -0.4 is 5.32 Å². The standard InChI is InChI=1S/C17H19N5O3S3/c1-3-13(15(23)19-16-18-9-10-26-16)27-17-21-20-14(22(17)2)11-28(24,25)12-7-5-4-6-8-12/h4-10,13H,3,11H2,1-2H3,(H,18,19,23). The number of aromatic nitrogens is 4. The number of carbonyl (C=O) groups is 1. The highest BCUT2D eigenvalue weighted by molar-refractivity contribution is 8.00. The van der Waals surface area contributed by atoms with Crippen LogP contribution in [0.25, 0.3) is 0 Å². The third-order valence-corrected chi connectivity index (χ3v) is 7.64. The van der Waals surface area contributed by atoms with Crippen LogP contribution in [0.15, 0.2) is 52.0 Å². The number of benzene rings is 1. The summed E-state index contributed by atoms with van der Waals surface area (Å²) >= 11 is 2.59. The second-order valence-electron chi connectivity index (χ2n) is 5.87. The van der Waals surface area contributed by atoms with Crippen LogP contribution >= 0.6 is 23.1 Å². The van der Waals surface area contributed by atoms with Gasteiger partial charge >= 0.3 is 0 Å². The number of rotatable bonds is 8. The first kappa shape index (κ1) is 20.5. The molecule has 1 atom stereocenters. The molecule has 1 N–H and O–H groups in total. The van der Waals surface area contributed by atoms with Crippen LogP contribution in [0.5, 0.6) is 0 Å². The predicted molar refractivity (Wildman–Crippen MR) is 109 cm³/mol. The zero-order valence-electron chi connectivity index (χ0n) is 15.3. The molecule has 0 saturated carbocycles. The van der Waals surface area contributed by atoms with Crippen molar-refractivity contribution in [2.45, 2.75) is 34.4 Å². The third kappa shape index (κ3) is 4.78. The molecule has 148 valence electrons. The van der Waals surface area contributed by atoms with Crippen LogP contribution in [0.1, 0.15) is 19.2 Å². The minimum Gasteiger partial charge on any atom is -0.308 e. The number of thioether (sulfide) groups is 1. The van der Waals surface area contributed by atoms with Gasteiger partial charge < -0.3 is 9.88 Å². The normalized spacial score (nSPS) is 12.6. The number of nitrogens with zero attached hydrogens (tertiary/aromatic N) is 4. The van der Waals surface area contributed by atoms with Crippen LogP contribution in [0.4, 0.5) is 5.13 Å². The molecule has 3 aromatic rings. The zero-order valence-corrected chi connectivity index (χ0v) is 17.7. The van der Waals surface area contributed by atoms with Crippen molar-refractivity contribution in [3.05, 3.63) is 47.7 Å². The van der Waals surface area contributed by atoms with Gasteiger partial charge in [0, 0.05) is 18.6 Å². The van der Waals surface area contributed by atoms with Crippen molar-refractivity contribution in [3.63, 3.8) is 0 Å². The quantitative estimate of drug-likeness (QED) is 0.540. The topological polar surface area (TPSA) is 107 Å². The summed E-state index contributed by atoms with van der Waals surface area (Å²) < 4.78 is 26.8. The lowest BCUT2D eigenvalue weighted by atomic mass is 10.3. The monoisotopic (exact) mass is 437 g/mol. The van der Waals surface area contributed by atoms with Crippen molar-refractivity contribution in [3.8, 4) is 0 Å². The van der Waals surface area contributed by atoms with E-state index in [1.54, 1.807) is 53.5 Å². The number of anilines is 1. The zero-order chi connectivity index (χ0) is 20.1. The molecule has 1 aromatic carbocycles. The molecule has 2 aromatic heterocycles. The minimum absolute atomic E-state index is 0.177. The number of nitrogens with one attached hydrogen (secondary N) is 1. The van der Waals surface area contributed by atoms with Crippen LogP contribution in [-0.4, -0.2) is 39.3 Å². The first-order valence-corrected chi connectivity index (χ1v) is 11.8. The minimum atomic E-state index is -3.53. The average molecular weight is 438 g/mol. The number of thiazole rings is 1. The van der Waals surface area contributed by atoms with Gasteiger partial charge in [-0.1, -0.05) is 36.9 Å². The van der Waals surface area contributed by atoms with E-state index in [4.69, 9.17) is 0 Å². The van der Waals surface area contributed by atoms with Crippen molar-refractivity contribution in [1.29, 1.82) is 0 Å². The summed E-state index contributed by atoms with van der Waals surface area (Å²) in [5.74, 6) is -0.117. The Hall–Kier alpha value is -2.24. The van der Waals surface area contributed by atoms with Gasteiger partial charge in [0.1, 0.15) is 11.6 Å². The van der Waals surface area contributed by atoms with E-state index in [0.29, 0.717) is 22.5 Å². The van der Waals surface area contributed by atoms with Gasteiger partial charge in [-0.3, -0.25) is 4.79 Å². The van der Waals surface area contributed by atoms with Crippen molar-refractivity contribution >= 4 is 44.0 Å². The lowest BCUT2D eigenvalue weighted by Crippen LogP contribution is -2.25. The maximum absolute atomic E-state index is 12.6. The highest BCUT2D eigenvalue weighted by Gasteiger charge is 2.24. The number of sulfone groups is 1. The maximum atomic E-state index is 12.6. The van der Waals surface area contributed by atoms with Gasteiger partial charge in [0.2, 0.25) is 5.91 Å². The summed E-state index contributed by atoms with van der Waals surface area (Å²) in [5.41, 5.74) is 0. The van der Waals surface area contributed by atoms with Gasteiger partial charge in [-0.15, -0.1) is 21.5 Å². The molecule has 0 aliphatic heterocycles. The Morgan fingerprint density at radius 2 is 2.04 bits per heavy atom. The Morgan fingerprint density at radius 1 is 1.29 bits per heavy atom. The van der Waals surface area contributed by atoms with Crippen LogP contribution in [-0.2, 0) is 27.4 Å². The number of carbonyl (C=O) groups excluding carboxylic acids is 1. The van der Waals surface area contributed by atoms with E-state index in [1.165, 1.54) is 23.1 Å². The molecule has 0 aliphatic rings. The molecule has 0 aliphatic carbocycles. The van der Waals surface area contributed by atoms with Gasteiger partial charge in [-0.05, 0) is 18.6 Å². The van der Waals surface area contributed by atoms with Crippen molar-refractivity contribution in [2.75, 3.05) is 5.32 Å². The van der Waals surface area contributed by atoms with Crippen LogP contribution in [0, 0.1) is 0 Å². The molecule has 0 bridgehead atoms. The maximum Gasteiger partial charge on any atom is 0.239 e. The summed E-state index contributed by atoms with van der Waals surface area (Å²) in [6.07, 6.45) is 2.20. The second-order valence-corrected chi connectivity index (χ2v) is 9.93. The van der Waals surface area contributed by atoms with E-state index in [0.717, 1.165) is 0 Å². The molecule has 11 heteroatoms. The molecule has 28 heavy (non-hydrogen) atoms. The number of amides is 1. The molecule has 0 spiro atoms. The highest BCUT2D eigenvalue weighted by atomic mass is 32.2. The Labute approximate surface area is 171 Å². The summed E-state index contributed by atoms with van der Waals surface area (Å²) in [6.45, 7) is 1.90. The largest absolute Gasteiger partial charge is 0.308 e. The molecule has 8 nitrogen and oxygen atoms in total. The van der Waals surface area contributed by atoms with E-state index in [2.05, 4.69) is 20.5 Å². The lowest BCUT2D eigenvalue weighted by molar-refractivity contribution is -0.115. The Balaban J connectivity index is 1.72. The van der Waals surface area contributed by atoms with Crippen LogP contribution in [0.3, 0.4) is 0 Å². The molecule has 1 unspecified atom stereocenters. The Bertz CT molecular complexity index is 1030. The smallest absolute Gasteiger partial charge is 0.239 e. The highest BCUT2D eigenvalue weighted by Crippen LogP contribution is 2.26. The summed E-state index contributed by atoms with van der Waals surface area (Å²) in [5, 5.41) is 13.3. The van der Waals surface area contributed by atoms with E-state index in [-0.39, 0.29) is 16.6 Å². The van der Waals surface area contributed by atoms with Crippen molar-refractivity contribution in [2.24, 2.45) is 7.05 Å². The average Bonchev–Trinajstić information content (AvgIpc) is 3.31. The Kier molecular flexibility index (Phi) is 6.47. The fraction of sp³-hybridized carbons (Fsp3) is 0.294. The van der Waals surface area contributed by atoms with E-state index in [9.17, 15) is 13.2 Å². The van der Waals surface area contributed by atoms with E-state index >= 15 is 0 Å². The lowest BCUT2D eigenvalue weighted by Gasteiger charge is -2.13. The molecule has 0 radical (unpaired) electrons. The van der Waals surface area contributed by atoms with Gasteiger partial charge in [0.25, 0.3) is 0 Å². The van der Waals surface area contributed by atoms with Gasteiger partial charge in [-0.2, -0.15) is 0 Å². The van der Waals surface area contributed by atoms with Gasteiger partial charge in [0.15, 0.2) is 20.1 Å². The first-order chi connectivity index (χ1) is 13.4. The molecular formula is C17H19N5O3S3.